The molecule has 0 aliphatic rings. The predicted molar refractivity (Wildman–Crippen MR) is 69.8 cm³/mol. The van der Waals surface area contributed by atoms with Gasteiger partial charge in [0.1, 0.15) is 5.75 Å². The van der Waals surface area contributed by atoms with Crippen molar-refractivity contribution in [3.63, 3.8) is 0 Å². The number of aliphatic hydroxyl groups is 1. The van der Waals surface area contributed by atoms with Crippen LogP contribution < -0.4 is 4.74 Å². The summed E-state index contributed by atoms with van der Waals surface area (Å²) in [6.07, 6.45) is 2.19. The van der Waals surface area contributed by atoms with Crippen LogP contribution >= 0.6 is 15.9 Å². The molecule has 1 rings (SSSR count). The summed E-state index contributed by atoms with van der Waals surface area (Å²) in [5.74, 6) is 0.833. The van der Waals surface area contributed by atoms with Crippen LogP contribution in [-0.2, 0) is 6.61 Å². The van der Waals surface area contributed by atoms with Crippen LogP contribution in [0.5, 0.6) is 5.75 Å². The van der Waals surface area contributed by atoms with E-state index in [1.54, 1.807) is 0 Å². The normalized spacial score (nSPS) is 10.9. The molecule has 16 heavy (non-hydrogen) atoms. The van der Waals surface area contributed by atoms with Crippen molar-refractivity contribution in [2.45, 2.75) is 46.3 Å². The second-order valence-corrected chi connectivity index (χ2v) is 4.84. The van der Waals surface area contributed by atoms with E-state index in [4.69, 9.17) is 4.74 Å². The quantitative estimate of drug-likeness (QED) is 0.892. The fourth-order valence-corrected chi connectivity index (χ4v) is 2.33. The fourth-order valence-electron chi connectivity index (χ4n) is 1.71. The van der Waals surface area contributed by atoms with Crippen molar-refractivity contribution < 1.29 is 9.84 Å². The highest BCUT2D eigenvalue weighted by atomic mass is 79.9. The molecule has 0 aromatic heterocycles. The van der Waals surface area contributed by atoms with Crippen LogP contribution in [0.15, 0.2) is 16.6 Å². The zero-order chi connectivity index (χ0) is 12.1. The Hall–Kier alpha value is -0.540. The summed E-state index contributed by atoms with van der Waals surface area (Å²) in [6.45, 7) is 6.24. The molecule has 90 valence electrons. The molecule has 0 heterocycles. The van der Waals surface area contributed by atoms with E-state index in [-0.39, 0.29) is 12.7 Å². The molecule has 1 N–H and O–H groups in total. The third kappa shape index (κ3) is 3.22. The van der Waals surface area contributed by atoms with Gasteiger partial charge in [0, 0.05) is 10.0 Å². The first-order valence-electron chi connectivity index (χ1n) is 5.68. The maximum Gasteiger partial charge on any atom is 0.128 e. The van der Waals surface area contributed by atoms with Crippen LogP contribution in [0.3, 0.4) is 0 Å². The number of hydrogen-bond donors (Lipinski definition) is 1. The molecule has 2 nitrogen and oxygen atoms in total. The lowest BCUT2D eigenvalue weighted by Crippen LogP contribution is -2.15. The lowest BCUT2D eigenvalue weighted by Gasteiger charge is -2.20. The van der Waals surface area contributed by atoms with Gasteiger partial charge in [0.2, 0.25) is 0 Å². The predicted octanol–water partition coefficient (Wildman–Crippen LogP) is 3.82. The molecule has 0 saturated carbocycles. The van der Waals surface area contributed by atoms with Gasteiger partial charge in [-0.1, -0.05) is 29.8 Å². The molecule has 1 aromatic rings. The Balaban J connectivity index is 3.01. The number of benzene rings is 1. The van der Waals surface area contributed by atoms with Crippen LogP contribution in [0, 0.1) is 6.92 Å². The fraction of sp³-hybridized carbons (Fsp3) is 0.538. The summed E-state index contributed by atoms with van der Waals surface area (Å²) in [5.41, 5.74) is 1.91. The van der Waals surface area contributed by atoms with Crippen LogP contribution in [0.25, 0.3) is 0 Å². The van der Waals surface area contributed by atoms with Gasteiger partial charge >= 0.3 is 0 Å². The molecular formula is C13H19BrO2. The van der Waals surface area contributed by atoms with Gasteiger partial charge in [0.25, 0.3) is 0 Å². The van der Waals surface area contributed by atoms with E-state index in [0.29, 0.717) is 0 Å². The number of aryl methyl sites for hydroxylation is 1. The van der Waals surface area contributed by atoms with Crippen LogP contribution in [0.4, 0.5) is 0 Å². The molecule has 0 radical (unpaired) electrons. The number of ether oxygens (including phenoxy) is 1. The SMILES string of the molecule is CCC(CC)Oc1c(C)cc(Br)cc1CO. The maximum atomic E-state index is 9.32. The average molecular weight is 287 g/mol. The van der Waals surface area contributed by atoms with Gasteiger partial charge in [-0.25, -0.2) is 0 Å². The van der Waals surface area contributed by atoms with Crippen molar-refractivity contribution in [3.05, 3.63) is 27.7 Å². The van der Waals surface area contributed by atoms with E-state index in [0.717, 1.165) is 34.2 Å². The molecule has 0 aliphatic carbocycles. The minimum atomic E-state index is 0.00968. The molecule has 0 fully saturated rings. The molecule has 0 unspecified atom stereocenters. The van der Waals surface area contributed by atoms with E-state index in [2.05, 4.69) is 29.8 Å². The molecule has 0 amide bonds. The molecular weight excluding hydrogens is 268 g/mol. The zero-order valence-electron chi connectivity index (χ0n) is 10.1. The van der Waals surface area contributed by atoms with E-state index in [1.807, 2.05) is 19.1 Å². The maximum absolute atomic E-state index is 9.32. The monoisotopic (exact) mass is 286 g/mol. The summed E-state index contributed by atoms with van der Waals surface area (Å²) in [5, 5.41) is 9.32. The first kappa shape index (κ1) is 13.5. The zero-order valence-corrected chi connectivity index (χ0v) is 11.7. The smallest absolute Gasteiger partial charge is 0.128 e. The highest BCUT2D eigenvalue weighted by Crippen LogP contribution is 2.29. The number of aliphatic hydroxyl groups excluding tert-OH is 1. The standard InChI is InChI=1S/C13H19BrO2/c1-4-12(5-2)16-13-9(3)6-11(14)7-10(13)8-15/h6-7,12,15H,4-5,8H2,1-3H3. The van der Waals surface area contributed by atoms with Crippen molar-refractivity contribution in [3.8, 4) is 5.75 Å². The lowest BCUT2D eigenvalue weighted by molar-refractivity contribution is 0.183. The van der Waals surface area contributed by atoms with Gasteiger partial charge < -0.3 is 9.84 Å². The van der Waals surface area contributed by atoms with Gasteiger partial charge in [-0.05, 0) is 37.5 Å². The first-order valence-corrected chi connectivity index (χ1v) is 6.48. The number of halogens is 1. The summed E-state index contributed by atoms with van der Waals surface area (Å²) < 4.78 is 6.92. The molecule has 0 atom stereocenters. The van der Waals surface area contributed by atoms with Crippen molar-refractivity contribution in [1.82, 2.24) is 0 Å². The third-order valence-corrected chi connectivity index (χ3v) is 3.14. The lowest BCUT2D eigenvalue weighted by atomic mass is 10.1. The van der Waals surface area contributed by atoms with Gasteiger partial charge in [-0.15, -0.1) is 0 Å². The van der Waals surface area contributed by atoms with Crippen LogP contribution in [-0.4, -0.2) is 11.2 Å². The summed E-state index contributed by atoms with van der Waals surface area (Å²) in [7, 11) is 0. The Morgan fingerprint density at radius 3 is 2.44 bits per heavy atom. The van der Waals surface area contributed by atoms with Gasteiger partial charge in [-0.3, -0.25) is 0 Å². The number of hydrogen-bond acceptors (Lipinski definition) is 2. The van der Waals surface area contributed by atoms with E-state index >= 15 is 0 Å². The first-order chi connectivity index (χ1) is 7.62. The second-order valence-electron chi connectivity index (χ2n) is 3.93. The Bertz CT molecular complexity index is 346. The van der Waals surface area contributed by atoms with Gasteiger partial charge in [-0.2, -0.15) is 0 Å². The number of rotatable bonds is 5. The van der Waals surface area contributed by atoms with E-state index in [1.165, 1.54) is 0 Å². The van der Waals surface area contributed by atoms with Crippen LogP contribution in [0.2, 0.25) is 0 Å². The average Bonchev–Trinajstić information content (AvgIpc) is 2.27. The molecule has 1 aromatic carbocycles. The Morgan fingerprint density at radius 1 is 1.31 bits per heavy atom. The Labute approximate surface area is 106 Å². The molecule has 0 aliphatic heterocycles. The summed E-state index contributed by atoms with van der Waals surface area (Å²) in [6, 6.07) is 3.92. The summed E-state index contributed by atoms with van der Waals surface area (Å²) in [4.78, 5) is 0. The van der Waals surface area contributed by atoms with E-state index < -0.39 is 0 Å². The Kier molecular flexibility index (Phi) is 5.29. The van der Waals surface area contributed by atoms with Crippen molar-refractivity contribution in [2.24, 2.45) is 0 Å². The van der Waals surface area contributed by atoms with Crippen molar-refractivity contribution in [2.75, 3.05) is 0 Å². The third-order valence-electron chi connectivity index (χ3n) is 2.68. The molecule has 0 bridgehead atoms. The minimum Gasteiger partial charge on any atom is -0.490 e. The molecule has 0 saturated heterocycles. The molecule has 0 spiro atoms. The second kappa shape index (κ2) is 6.26. The van der Waals surface area contributed by atoms with Crippen molar-refractivity contribution in [1.29, 1.82) is 0 Å². The van der Waals surface area contributed by atoms with Crippen molar-refractivity contribution >= 4 is 15.9 Å². The van der Waals surface area contributed by atoms with Crippen LogP contribution in [0.1, 0.15) is 37.8 Å². The van der Waals surface area contributed by atoms with Gasteiger partial charge in [0.05, 0.1) is 12.7 Å². The largest absolute Gasteiger partial charge is 0.490 e. The topological polar surface area (TPSA) is 29.5 Å². The highest BCUT2D eigenvalue weighted by Gasteiger charge is 2.12. The highest BCUT2D eigenvalue weighted by molar-refractivity contribution is 9.10. The Morgan fingerprint density at radius 2 is 1.94 bits per heavy atom. The minimum absolute atomic E-state index is 0.00968. The van der Waals surface area contributed by atoms with Gasteiger partial charge in [0.15, 0.2) is 0 Å². The van der Waals surface area contributed by atoms with E-state index in [9.17, 15) is 5.11 Å². The summed E-state index contributed by atoms with van der Waals surface area (Å²) >= 11 is 3.42. The molecule has 3 heteroatoms.